The molecular formula is C21H17BrN2O. The first kappa shape index (κ1) is 16.0. The van der Waals surface area contributed by atoms with E-state index in [9.17, 15) is 4.79 Å². The number of halogens is 1. The van der Waals surface area contributed by atoms with Crippen molar-refractivity contribution in [3.63, 3.8) is 0 Å². The molecule has 1 aliphatic heterocycles. The van der Waals surface area contributed by atoms with E-state index in [4.69, 9.17) is 4.99 Å². The number of aliphatic imine (C=N–C) groups is 1. The van der Waals surface area contributed by atoms with Gasteiger partial charge in [-0.15, -0.1) is 0 Å². The normalized spacial score (nSPS) is 18.8. The number of ketones is 1. The zero-order valence-electron chi connectivity index (χ0n) is 13.8. The van der Waals surface area contributed by atoms with Gasteiger partial charge in [-0.3, -0.25) is 9.79 Å². The van der Waals surface area contributed by atoms with E-state index in [0.29, 0.717) is 5.56 Å². The van der Waals surface area contributed by atoms with Crippen molar-refractivity contribution in [2.24, 2.45) is 4.99 Å². The smallest absolute Gasteiger partial charge is 0.188 e. The fourth-order valence-electron chi connectivity index (χ4n) is 3.25. The average molecular weight is 393 g/mol. The lowest BCUT2D eigenvalue weighted by atomic mass is 9.91. The molecule has 2 atom stereocenters. The van der Waals surface area contributed by atoms with E-state index < -0.39 is 0 Å². The second-order valence-electron chi connectivity index (χ2n) is 6.29. The fourth-order valence-corrected chi connectivity index (χ4v) is 3.51. The van der Waals surface area contributed by atoms with Crippen molar-refractivity contribution in [3.8, 4) is 0 Å². The molecule has 0 N–H and O–H groups in total. The summed E-state index contributed by atoms with van der Waals surface area (Å²) in [7, 11) is 0. The number of aryl methyl sites for hydroxylation is 1. The van der Waals surface area contributed by atoms with Crippen LogP contribution in [0.15, 0.2) is 76.3 Å². The lowest BCUT2D eigenvalue weighted by molar-refractivity contribution is 0.0905. The molecular weight excluding hydrogens is 376 g/mol. The highest BCUT2D eigenvalue weighted by atomic mass is 79.9. The molecule has 25 heavy (non-hydrogen) atoms. The van der Waals surface area contributed by atoms with Crippen LogP contribution in [0, 0.1) is 6.92 Å². The van der Waals surface area contributed by atoms with E-state index in [2.05, 4.69) is 47.1 Å². The number of hydrogen-bond acceptors (Lipinski definition) is 2. The Morgan fingerprint density at radius 2 is 1.76 bits per heavy atom. The number of hydrogen-bond donors (Lipinski definition) is 0. The Kier molecular flexibility index (Phi) is 4.14. The summed E-state index contributed by atoms with van der Waals surface area (Å²) in [6, 6.07) is 19.1. The van der Waals surface area contributed by atoms with E-state index in [0.717, 1.165) is 15.7 Å². The van der Waals surface area contributed by atoms with Crippen LogP contribution >= 0.6 is 15.9 Å². The van der Waals surface area contributed by atoms with Gasteiger partial charge in [0.05, 0.1) is 5.69 Å². The number of aromatic nitrogens is 1. The second kappa shape index (κ2) is 6.45. The summed E-state index contributed by atoms with van der Waals surface area (Å²) in [4.78, 5) is 18.0. The van der Waals surface area contributed by atoms with Crippen LogP contribution in [0.3, 0.4) is 0 Å². The van der Waals surface area contributed by atoms with Gasteiger partial charge in [-0.2, -0.15) is 0 Å². The average Bonchev–Trinajstić information content (AvgIpc) is 3.10. The summed E-state index contributed by atoms with van der Waals surface area (Å²) >= 11 is 3.43. The minimum atomic E-state index is -0.376. The van der Waals surface area contributed by atoms with Crippen LogP contribution in [-0.4, -0.2) is 16.6 Å². The Balaban J connectivity index is 1.79. The molecule has 4 heteroatoms. The lowest BCUT2D eigenvalue weighted by Gasteiger charge is -2.29. The predicted octanol–water partition coefficient (Wildman–Crippen LogP) is 5.16. The highest BCUT2D eigenvalue weighted by Crippen LogP contribution is 2.36. The van der Waals surface area contributed by atoms with Gasteiger partial charge in [0.1, 0.15) is 12.1 Å². The van der Waals surface area contributed by atoms with Crippen molar-refractivity contribution in [2.45, 2.75) is 19.0 Å². The molecule has 2 aromatic carbocycles. The lowest BCUT2D eigenvalue weighted by Crippen LogP contribution is -2.29. The summed E-state index contributed by atoms with van der Waals surface area (Å²) in [6.07, 6.45) is 3.82. The molecule has 124 valence electrons. The van der Waals surface area contributed by atoms with Crippen LogP contribution in [0.2, 0.25) is 0 Å². The van der Waals surface area contributed by atoms with Crippen LogP contribution in [0.5, 0.6) is 0 Å². The largest absolute Gasteiger partial charge is 0.333 e. The van der Waals surface area contributed by atoms with E-state index in [1.165, 1.54) is 5.56 Å². The molecule has 0 amide bonds. The van der Waals surface area contributed by atoms with Crippen LogP contribution < -0.4 is 0 Å². The summed E-state index contributed by atoms with van der Waals surface area (Å²) in [6.45, 7) is 2.06. The maximum absolute atomic E-state index is 13.3. The van der Waals surface area contributed by atoms with Gasteiger partial charge in [0.25, 0.3) is 0 Å². The maximum Gasteiger partial charge on any atom is 0.188 e. The van der Waals surface area contributed by atoms with Crippen molar-refractivity contribution in [1.29, 1.82) is 0 Å². The van der Waals surface area contributed by atoms with E-state index in [1.807, 2.05) is 53.4 Å². The highest BCUT2D eigenvalue weighted by molar-refractivity contribution is 9.10. The highest BCUT2D eigenvalue weighted by Gasteiger charge is 2.34. The van der Waals surface area contributed by atoms with Gasteiger partial charge in [0.15, 0.2) is 5.78 Å². The summed E-state index contributed by atoms with van der Waals surface area (Å²) < 4.78 is 2.99. The van der Waals surface area contributed by atoms with E-state index >= 15 is 0 Å². The van der Waals surface area contributed by atoms with Crippen LogP contribution in [0.4, 0.5) is 0 Å². The molecule has 0 aliphatic carbocycles. The van der Waals surface area contributed by atoms with Gasteiger partial charge in [-0.25, -0.2) is 0 Å². The van der Waals surface area contributed by atoms with Gasteiger partial charge < -0.3 is 4.57 Å². The van der Waals surface area contributed by atoms with Crippen molar-refractivity contribution < 1.29 is 4.79 Å². The molecule has 3 nitrogen and oxygen atoms in total. The fraction of sp³-hybridized carbons (Fsp3) is 0.143. The number of Topliss-reactive ketones (excluding diaryl/α,β-unsaturated/α-hetero) is 1. The van der Waals surface area contributed by atoms with Crippen molar-refractivity contribution >= 4 is 27.9 Å². The maximum atomic E-state index is 13.3. The SMILES string of the molecule is Cc1ccc([C@H]2N=Cc3cccn3[C@@H]2C(=O)c2ccc(Br)cc2)cc1. The monoisotopic (exact) mass is 392 g/mol. The summed E-state index contributed by atoms with van der Waals surface area (Å²) in [5, 5.41) is 0. The number of nitrogens with zero attached hydrogens (tertiary/aromatic N) is 2. The zero-order chi connectivity index (χ0) is 17.4. The number of carbonyl (C=O) groups is 1. The third kappa shape index (κ3) is 2.98. The van der Waals surface area contributed by atoms with Gasteiger partial charge in [0, 0.05) is 22.4 Å². The van der Waals surface area contributed by atoms with Gasteiger partial charge >= 0.3 is 0 Å². The standard InChI is InChI=1S/C21H17BrN2O/c1-14-4-6-15(7-5-14)19-20(24-12-2-3-18(24)13-23-19)21(25)16-8-10-17(22)11-9-16/h2-13,19-20H,1H3/t19-,20+/m1/s1. The molecule has 0 fully saturated rings. The molecule has 1 aliphatic rings. The number of rotatable bonds is 3. The third-order valence-electron chi connectivity index (χ3n) is 4.59. The van der Waals surface area contributed by atoms with Crippen molar-refractivity contribution in [1.82, 2.24) is 4.57 Å². The first-order chi connectivity index (χ1) is 12.1. The Morgan fingerprint density at radius 1 is 1.04 bits per heavy atom. The van der Waals surface area contributed by atoms with Gasteiger partial charge in [-0.05, 0) is 36.8 Å². The first-order valence-electron chi connectivity index (χ1n) is 8.20. The van der Waals surface area contributed by atoms with E-state index in [1.54, 1.807) is 0 Å². The van der Waals surface area contributed by atoms with Gasteiger partial charge in [-0.1, -0.05) is 57.9 Å². The van der Waals surface area contributed by atoms with Gasteiger partial charge in [0.2, 0.25) is 0 Å². The Hall–Kier alpha value is -2.46. The number of benzene rings is 2. The molecule has 0 saturated heterocycles. The molecule has 1 aromatic heterocycles. The molecule has 0 unspecified atom stereocenters. The Morgan fingerprint density at radius 3 is 2.48 bits per heavy atom. The molecule has 0 radical (unpaired) electrons. The molecule has 0 spiro atoms. The van der Waals surface area contributed by atoms with Crippen LogP contribution in [0.25, 0.3) is 0 Å². The molecule has 0 saturated carbocycles. The minimum Gasteiger partial charge on any atom is -0.333 e. The first-order valence-corrected chi connectivity index (χ1v) is 8.99. The predicted molar refractivity (Wildman–Crippen MR) is 103 cm³/mol. The quantitative estimate of drug-likeness (QED) is 0.567. The Bertz CT molecular complexity index is 939. The third-order valence-corrected chi connectivity index (χ3v) is 5.12. The second-order valence-corrected chi connectivity index (χ2v) is 7.21. The van der Waals surface area contributed by atoms with Crippen molar-refractivity contribution in [2.75, 3.05) is 0 Å². The van der Waals surface area contributed by atoms with Crippen LogP contribution in [0.1, 0.15) is 39.3 Å². The molecule has 2 heterocycles. The topological polar surface area (TPSA) is 34.4 Å². The van der Waals surface area contributed by atoms with Crippen LogP contribution in [-0.2, 0) is 0 Å². The zero-order valence-corrected chi connectivity index (χ0v) is 15.3. The summed E-state index contributed by atoms with van der Waals surface area (Å²) in [5.74, 6) is 0.0763. The Labute approximate surface area is 155 Å². The molecule has 3 aromatic rings. The molecule has 0 bridgehead atoms. The van der Waals surface area contributed by atoms with Crippen molar-refractivity contribution in [3.05, 3.63) is 93.7 Å². The number of fused-ring (bicyclic) bond motifs is 1. The number of carbonyl (C=O) groups excluding carboxylic acids is 1. The molecule has 4 rings (SSSR count). The summed E-state index contributed by atoms with van der Waals surface area (Å²) in [5.41, 5.74) is 3.90. The minimum absolute atomic E-state index is 0.0763. The van der Waals surface area contributed by atoms with E-state index in [-0.39, 0.29) is 17.9 Å².